The molecule has 1 fully saturated rings. The van der Waals surface area contributed by atoms with E-state index in [4.69, 9.17) is 9.72 Å². The summed E-state index contributed by atoms with van der Waals surface area (Å²) in [7, 11) is 0. The SMILES string of the molecule is C[C@H](O)[C@H]1C(=O)N2C(C(=O)OCc3ccc([N+](=O)[O-])cc3)=C(SCc3csc(-c4ccccc4)n3)C[C@H]12. The first kappa shape index (κ1) is 25.1. The zero-order chi connectivity index (χ0) is 26.1. The number of fused-ring (bicyclic) bond motifs is 1. The predicted molar refractivity (Wildman–Crippen MR) is 139 cm³/mol. The number of hydrogen-bond acceptors (Lipinski definition) is 9. The highest BCUT2D eigenvalue weighted by atomic mass is 32.2. The van der Waals surface area contributed by atoms with Gasteiger partial charge in [-0.05, 0) is 24.6 Å². The molecule has 3 aromatic rings. The molecule has 1 aromatic heterocycles. The Bertz CT molecular complexity index is 1370. The molecule has 2 aliphatic rings. The standard InChI is InChI=1S/C26H23N3O6S2/c1-15(30)22-20-11-21(36-13-18-14-37-24(27-18)17-5-3-2-4-6-17)23(28(20)25(22)31)26(32)35-12-16-7-9-19(10-8-16)29(33)34/h2-10,14-15,20,22,30H,11-13H2,1H3/t15-,20+,22+/m0/s1. The van der Waals surface area contributed by atoms with Gasteiger partial charge in [-0.1, -0.05) is 30.3 Å². The summed E-state index contributed by atoms with van der Waals surface area (Å²) in [6, 6.07) is 15.3. The number of benzene rings is 2. The van der Waals surface area contributed by atoms with E-state index in [-0.39, 0.29) is 29.9 Å². The number of thioether (sulfide) groups is 1. The van der Waals surface area contributed by atoms with Crippen molar-refractivity contribution in [3.05, 3.63) is 92.0 Å². The molecule has 190 valence electrons. The van der Waals surface area contributed by atoms with Crippen LogP contribution in [0, 0.1) is 16.0 Å². The molecular formula is C26H23N3O6S2. The van der Waals surface area contributed by atoms with Crippen LogP contribution in [0.4, 0.5) is 5.69 Å². The van der Waals surface area contributed by atoms with Gasteiger partial charge in [-0.25, -0.2) is 9.78 Å². The van der Waals surface area contributed by atoms with Crippen molar-refractivity contribution in [3.8, 4) is 10.6 Å². The van der Waals surface area contributed by atoms with Crippen molar-refractivity contribution in [1.29, 1.82) is 0 Å². The average Bonchev–Trinajstić information content (AvgIpc) is 3.49. The molecule has 3 atom stereocenters. The van der Waals surface area contributed by atoms with Gasteiger partial charge in [0.1, 0.15) is 17.3 Å². The van der Waals surface area contributed by atoms with Crippen molar-refractivity contribution in [2.24, 2.45) is 5.92 Å². The first-order chi connectivity index (χ1) is 17.8. The third kappa shape index (κ3) is 5.02. The number of aliphatic hydroxyl groups is 1. The molecule has 9 nitrogen and oxygen atoms in total. The molecule has 3 heterocycles. The number of rotatable bonds is 9. The van der Waals surface area contributed by atoms with Gasteiger partial charge in [0.05, 0.1) is 28.7 Å². The number of esters is 1. The number of ether oxygens (including phenoxy) is 1. The summed E-state index contributed by atoms with van der Waals surface area (Å²) < 4.78 is 5.50. The van der Waals surface area contributed by atoms with Gasteiger partial charge in [-0.2, -0.15) is 0 Å². The Kier molecular flexibility index (Phi) is 7.09. The minimum absolute atomic E-state index is 0.0529. The molecule has 11 heteroatoms. The number of aliphatic hydroxyl groups excluding tert-OH is 1. The maximum Gasteiger partial charge on any atom is 0.356 e. The molecule has 0 spiro atoms. The Hall–Kier alpha value is -3.54. The van der Waals surface area contributed by atoms with Crippen molar-refractivity contribution in [2.75, 3.05) is 0 Å². The van der Waals surface area contributed by atoms with E-state index < -0.39 is 22.9 Å². The predicted octanol–water partition coefficient (Wildman–Crippen LogP) is 4.52. The summed E-state index contributed by atoms with van der Waals surface area (Å²) in [4.78, 5) is 43.2. The van der Waals surface area contributed by atoms with E-state index in [1.165, 1.54) is 40.9 Å². The molecule has 0 saturated carbocycles. The van der Waals surface area contributed by atoms with E-state index in [1.54, 1.807) is 18.3 Å². The summed E-state index contributed by atoms with van der Waals surface area (Å²) >= 11 is 2.99. The lowest BCUT2D eigenvalue weighted by molar-refractivity contribution is -0.384. The van der Waals surface area contributed by atoms with Crippen LogP contribution in [0.5, 0.6) is 0 Å². The molecule has 2 aromatic carbocycles. The maximum absolute atomic E-state index is 13.1. The van der Waals surface area contributed by atoms with E-state index in [1.807, 2.05) is 35.7 Å². The number of nitro groups is 1. The normalized spacial score (nSPS) is 19.4. The van der Waals surface area contributed by atoms with Crippen molar-refractivity contribution >= 4 is 40.7 Å². The van der Waals surface area contributed by atoms with Gasteiger partial charge < -0.3 is 14.7 Å². The first-order valence-electron chi connectivity index (χ1n) is 11.6. The van der Waals surface area contributed by atoms with Gasteiger partial charge in [0.15, 0.2) is 0 Å². The lowest BCUT2D eigenvalue weighted by atomic mass is 9.83. The highest BCUT2D eigenvalue weighted by Crippen LogP contribution is 2.48. The van der Waals surface area contributed by atoms with Crippen LogP contribution in [0.25, 0.3) is 10.6 Å². The number of carbonyl (C=O) groups is 2. The second-order valence-corrected chi connectivity index (χ2v) is 10.7. The van der Waals surface area contributed by atoms with Crippen LogP contribution in [0.2, 0.25) is 0 Å². The maximum atomic E-state index is 13.1. The van der Waals surface area contributed by atoms with Gasteiger partial charge in [-0.15, -0.1) is 23.1 Å². The summed E-state index contributed by atoms with van der Waals surface area (Å²) in [5.74, 6) is -0.965. The second-order valence-electron chi connectivity index (χ2n) is 8.82. The van der Waals surface area contributed by atoms with Gasteiger partial charge in [0.2, 0.25) is 5.91 Å². The van der Waals surface area contributed by atoms with Crippen LogP contribution < -0.4 is 0 Å². The van der Waals surface area contributed by atoms with Crippen LogP contribution in [0.1, 0.15) is 24.6 Å². The van der Waals surface area contributed by atoms with Crippen molar-refractivity contribution < 1.29 is 24.4 Å². The van der Waals surface area contributed by atoms with E-state index in [2.05, 4.69) is 0 Å². The molecule has 5 rings (SSSR count). The number of non-ortho nitro benzene ring substituents is 1. The van der Waals surface area contributed by atoms with Crippen LogP contribution >= 0.6 is 23.1 Å². The van der Waals surface area contributed by atoms with Crippen LogP contribution in [0.15, 0.2) is 70.6 Å². The average molecular weight is 538 g/mol. The fourth-order valence-corrected chi connectivity index (χ4v) is 6.54. The van der Waals surface area contributed by atoms with Crippen LogP contribution in [-0.4, -0.2) is 43.9 Å². The number of β-lactam (4-membered cyclic amide) rings is 1. The third-order valence-corrected chi connectivity index (χ3v) is 8.45. The topological polar surface area (TPSA) is 123 Å². The minimum Gasteiger partial charge on any atom is -0.456 e. The third-order valence-electron chi connectivity index (χ3n) is 6.37. The number of nitro benzene ring substituents is 1. The Labute approximate surface area is 220 Å². The van der Waals surface area contributed by atoms with Crippen molar-refractivity contribution in [3.63, 3.8) is 0 Å². The highest BCUT2D eigenvalue weighted by molar-refractivity contribution is 8.02. The number of thiazole rings is 1. The van der Waals surface area contributed by atoms with E-state index in [0.717, 1.165) is 21.2 Å². The zero-order valence-corrected chi connectivity index (χ0v) is 21.4. The number of nitrogens with zero attached hydrogens (tertiary/aromatic N) is 3. The zero-order valence-electron chi connectivity index (χ0n) is 19.8. The monoisotopic (exact) mass is 537 g/mol. The van der Waals surface area contributed by atoms with Gasteiger partial charge in [-0.3, -0.25) is 14.9 Å². The molecule has 0 unspecified atom stereocenters. The quantitative estimate of drug-likeness (QED) is 0.183. The van der Waals surface area contributed by atoms with Gasteiger partial charge in [0, 0.05) is 40.2 Å². The Balaban J connectivity index is 1.31. The Morgan fingerprint density at radius 3 is 2.68 bits per heavy atom. The molecular weight excluding hydrogens is 514 g/mol. The molecule has 2 aliphatic heterocycles. The van der Waals surface area contributed by atoms with E-state index in [0.29, 0.717) is 17.7 Å². The smallest absolute Gasteiger partial charge is 0.356 e. The lowest BCUT2D eigenvalue weighted by Gasteiger charge is -2.44. The molecule has 37 heavy (non-hydrogen) atoms. The molecule has 1 N–H and O–H groups in total. The first-order valence-corrected chi connectivity index (χ1v) is 13.5. The Morgan fingerprint density at radius 1 is 1.27 bits per heavy atom. The molecule has 0 bridgehead atoms. The van der Waals surface area contributed by atoms with E-state index in [9.17, 15) is 24.8 Å². The number of carbonyl (C=O) groups excluding carboxylic acids is 2. The van der Waals surface area contributed by atoms with Crippen LogP contribution in [0.3, 0.4) is 0 Å². The summed E-state index contributed by atoms with van der Waals surface area (Å²) in [5.41, 5.74) is 2.65. The number of amides is 1. The fraction of sp³-hybridized carbons (Fsp3) is 0.269. The number of aromatic nitrogens is 1. The molecule has 0 radical (unpaired) electrons. The summed E-state index contributed by atoms with van der Waals surface area (Å²) in [5, 5.41) is 23.8. The van der Waals surface area contributed by atoms with Crippen molar-refractivity contribution in [2.45, 2.75) is 37.9 Å². The molecule has 1 amide bonds. The summed E-state index contributed by atoms with van der Waals surface area (Å²) in [6.07, 6.45) is -0.355. The molecule has 1 saturated heterocycles. The Morgan fingerprint density at radius 2 is 2.00 bits per heavy atom. The summed E-state index contributed by atoms with van der Waals surface area (Å²) in [6.45, 7) is 1.50. The number of hydrogen-bond donors (Lipinski definition) is 1. The van der Waals surface area contributed by atoms with Gasteiger partial charge in [0.25, 0.3) is 5.69 Å². The lowest BCUT2D eigenvalue weighted by Crippen LogP contribution is -2.61. The highest BCUT2D eigenvalue weighted by Gasteiger charge is 2.57. The van der Waals surface area contributed by atoms with Crippen LogP contribution in [-0.2, 0) is 26.7 Å². The minimum atomic E-state index is -0.817. The fourth-order valence-electron chi connectivity index (χ4n) is 4.53. The molecule has 0 aliphatic carbocycles. The van der Waals surface area contributed by atoms with E-state index >= 15 is 0 Å². The van der Waals surface area contributed by atoms with Gasteiger partial charge >= 0.3 is 5.97 Å². The van der Waals surface area contributed by atoms with Crippen molar-refractivity contribution in [1.82, 2.24) is 9.88 Å². The second kappa shape index (κ2) is 10.4. The largest absolute Gasteiger partial charge is 0.456 e.